The maximum Gasteiger partial charge on any atom is 0.197 e. The molecule has 2 nitrogen and oxygen atoms in total. The largest absolute Gasteiger partial charge is 0.288 e. The summed E-state index contributed by atoms with van der Waals surface area (Å²) >= 11 is 8.71. The molecule has 0 atom stereocenters. The summed E-state index contributed by atoms with van der Waals surface area (Å²) in [7, 11) is 0. The molecule has 2 aliphatic rings. The van der Waals surface area contributed by atoms with E-state index < -0.39 is 0 Å². The number of rotatable bonds is 2. The van der Waals surface area contributed by atoms with E-state index in [-0.39, 0.29) is 23.1 Å². The minimum Gasteiger partial charge on any atom is -0.288 e. The zero-order valence-corrected chi connectivity index (χ0v) is 20.4. The van der Waals surface area contributed by atoms with Crippen LogP contribution in [0, 0.1) is 0 Å². The lowest BCUT2D eigenvalue weighted by Gasteiger charge is -2.21. The van der Waals surface area contributed by atoms with Gasteiger partial charge < -0.3 is 0 Å². The van der Waals surface area contributed by atoms with Gasteiger partial charge in [-0.1, -0.05) is 11.8 Å². The van der Waals surface area contributed by atoms with Crippen molar-refractivity contribution in [1.82, 2.24) is 0 Å². The lowest BCUT2D eigenvalue weighted by molar-refractivity contribution is 0.0990. The number of benzene rings is 1. The minimum absolute atomic E-state index is 0.162. The smallest absolute Gasteiger partial charge is 0.197 e. The van der Waals surface area contributed by atoms with Gasteiger partial charge in [-0.3, -0.25) is 9.59 Å². The number of carbonyl (C=O) groups excluding carboxylic acids is 2. The molecule has 1 aliphatic heterocycles. The maximum atomic E-state index is 13.1. The molecule has 4 aromatic heterocycles. The van der Waals surface area contributed by atoms with E-state index in [9.17, 15) is 9.59 Å². The Kier molecular flexibility index (Phi) is 4.26. The van der Waals surface area contributed by atoms with E-state index in [2.05, 4.69) is 29.0 Å². The number of carbonyl (C=O) groups is 2. The molecule has 5 aromatic rings. The summed E-state index contributed by atoms with van der Waals surface area (Å²) in [6.45, 7) is 0. The number of Topliss-reactive ketones (excluding diaryl/α,β-unsaturated/α-hetero) is 2. The van der Waals surface area contributed by atoms with Gasteiger partial charge in [-0.25, -0.2) is 0 Å². The Morgan fingerprint density at radius 1 is 0.750 bits per heavy atom. The van der Waals surface area contributed by atoms with Crippen molar-refractivity contribution in [2.75, 3.05) is 0 Å². The molecular formula is C25H12O2S5. The molecule has 32 heavy (non-hydrogen) atoms. The predicted molar refractivity (Wildman–Crippen MR) is 136 cm³/mol. The number of hydrogen-bond acceptors (Lipinski definition) is 7. The number of ketones is 2. The molecule has 1 aromatic carbocycles. The Morgan fingerprint density at radius 2 is 1.44 bits per heavy atom. The number of hydrogen-bond donors (Lipinski definition) is 0. The summed E-state index contributed by atoms with van der Waals surface area (Å²) in [6.07, 6.45) is 1.79. The molecule has 0 amide bonds. The average molecular weight is 505 g/mol. The van der Waals surface area contributed by atoms with Crippen LogP contribution in [-0.2, 0) is 0 Å². The van der Waals surface area contributed by atoms with Crippen LogP contribution in [0.1, 0.15) is 47.5 Å². The highest BCUT2D eigenvalue weighted by Gasteiger charge is 2.34. The van der Waals surface area contributed by atoms with Crippen LogP contribution in [-0.4, -0.2) is 11.6 Å². The van der Waals surface area contributed by atoms with Crippen molar-refractivity contribution in [2.45, 2.75) is 14.3 Å². The highest BCUT2D eigenvalue weighted by molar-refractivity contribution is 8.03. The molecule has 7 rings (SSSR count). The zero-order valence-electron chi connectivity index (χ0n) is 16.3. The van der Waals surface area contributed by atoms with Crippen molar-refractivity contribution in [3.05, 3.63) is 96.2 Å². The summed E-state index contributed by atoms with van der Waals surface area (Å²) in [5.74, 6) is -0.109. The quantitative estimate of drug-likeness (QED) is 0.176. The molecule has 0 saturated carbocycles. The second-order valence-electron chi connectivity index (χ2n) is 7.67. The molecule has 0 radical (unpaired) electrons. The van der Waals surface area contributed by atoms with Crippen LogP contribution in [0.15, 0.2) is 72.6 Å². The number of fused-ring (bicyclic) bond motifs is 4. The summed E-state index contributed by atoms with van der Waals surface area (Å²) in [6, 6.07) is 14.3. The third-order valence-corrected chi connectivity index (χ3v) is 11.3. The fraction of sp³-hybridized carbons (Fsp3) is 0.0400. The standard InChI is InChI=1S/C25H12O2S5/c26-22-16-9-12-3-6-28-20(12)11-17(16)23(27)18(22)10-13-1-2-19(31-13)21-14-4-7-29-24(14)32-25-15(21)5-8-30-25/h1-11,21H/b18-10+. The molecule has 0 saturated heterocycles. The highest BCUT2D eigenvalue weighted by atomic mass is 32.2. The summed E-state index contributed by atoms with van der Waals surface area (Å²) in [4.78, 5) is 28.3. The molecule has 0 bridgehead atoms. The molecule has 0 spiro atoms. The summed E-state index contributed by atoms with van der Waals surface area (Å²) in [5, 5.41) is 7.33. The highest BCUT2D eigenvalue weighted by Crippen LogP contribution is 2.53. The Balaban J connectivity index is 1.29. The zero-order chi connectivity index (χ0) is 21.4. The van der Waals surface area contributed by atoms with Crippen LogP contribution in [0.2, 0.25) is 0 Å². The Labute approximate surface area is 203 Å². The van der Waals surface area contributed by atoms with Crippen molar-refractivity contribution >= 4 is 84.8 Å². The number of allylic oxidation sites excluding steroid dienone is 1. The number of thiophene rings is 4. The first kappa shape index (κ1) is 19.2. The molecule has 0 unspecified atom stereocenters. The Hall–Kier alpha value is -2.29. The molecule has 0 N–H and O–H groups in total. The second-order valence-corrected chi connectivity index (χ2v) is 13.1. The van der Waals surface area contributed by atoms with Crippen LogP contribution in [0.5, 0.6) is 0 Å². The van der Waals surface area contributed by atoms with E-state index in [0.29, 0.717) is 11.1 Å². The van der Waals surface area contributed by atoms with Gasteiger partial charge in [0.05, 0.1) is 14.0 Å². The van der Waals surface area contributed by atoms with Crippen LogP contribution >= 0.6 is 57.1 Å². The molecular weight excluding hydrogens is 493 g/mol. The lowest BCUT2D eigenvalue weighted by atomic mass is 9.94. The van der Waals surface area contributed by atoms with E-state index >= 15 is 0 Å². The summed E-state index contributed by atoms with van der Waals surface area (Å²) < 4.78 is 3.75. The molecule has 154 valence electrons. The average Bonchev–Trinajstić information content (AvgIpc) is 3.60. The van der Waals surface area contributed by atoms with E-state index in [1.165, 1.54) is 24.4 Å². The fourth-order valence-electron chi connectivity index (χ4n) is 4.42. The van der Waals surface area contributed by atoms with Gasteiger partial charge >= 0.3 is 0 Å². The van der Waals surface area contributed by atoms with Crippen LogP contribution in [0.4, 0.5) is 0 Å². The minimum atomic E-state index is -0.164. The lowest BCUT2D eigenvalue weighted by Crippen LogP contribution is -2.04. The molecule has 5 heterocycles. The second kappa shape index (κ2) is 7.10. The van der Waals surface area contributed by atoms with Crippen LogP contribution in [0.25, 0.3) is 16.2 Å². The Bertz CT molecular complexity index is 1510. The van der Waals surface area contributed by atoms with Gasteiger partial charge in [0.2, 0.25) is 0 Å². The first-order valence-electron chi connectivity index (χ1n) is 9.92. The van der Waals surface area contributed by atoms with Crippen LogP contribution < -0.4 is 0 Å². The topological polar surface area (TPSA) is 34.1 Å². The van der Waals surface area contributed by atoms with Crippen molar-refractivity contribution in [1.29, 1.82) is 0 Å². The molecule has 0 fully saturated rings. The maximum absolute atomic E-state index is 13.1. The van der Waals surface area contributed by atoms with Gasteiger partial charge in [0, 0.05) is 31.5 Å². The monoisotopic (exact) mass is 504 g/mol. The summed E-state index contributed by atoms with van der Waals surface area (Å²) in [5.41, 5.74) is 4.04. The van der Waals surface area contributed by atoms with E-state index in [1.54, 1.807) is 51.4 Å². The first-order valence-corrected chi connectivity index (χ1v) is 14.2. The fourth-order valence-corrected chi connectivity index (χ4v) is 9.79. The normalized spacial score (nSPS) is 16.7. The van der Waals surface area contributed by atoms with Gasteiger partial charge in [-0.2, -0.15) is 0 Å². The third kappa shape index (κ3) is 2.75. The first-order chi connectivity index (χ1) is 15.7. The van der Waals surface area contributed by atoms with Gasteiger partial charge in [0.25, 0.3) is 0 Å². The van der Waals surface area contributed by atoms with Gasteiger partial charge in [-0.05, 0) is 81.2 Å². The molecule has 1 aliphatic carbocycles. The molecule has 7 heteroatoms. The Morgan fingerprint density at radius 3 is 2.19 bits per heavy atom. The van der Waals surface area contributed by atoms with Crippen molar-refractivity contribution < 1.29 is 9.59 Å². The van der Waals surface area contributed by atoms with E-state index in [4.69, 9.17) is 0 Å². The van der Waals surface area contributed by atoms with Gasteiger partial charge in [0.1, 0.15) is 0 Å². The van der Waals surface area contributed by atoms with E-state index in [0.717, 1.165) is 15.0 Å². The van der Waals surface area contributed by atoms with Crippen LogP contribution in [0.3, 0.4) is 0 Å². The predicted octanol–water partition coefficient (Wildman–Crippen LogP) is 8.19. The van der Waals surface area contributed by atoms with Crippen molar-refractivity contribution in [3.8, 4) is 0 Å². The van der Waals surface area contributed by atoms with E-state index in [1.807, 2.05) is 41.4 Å². The van der Waals surface area contributed by atoms with Gasteiger partial charge in [-0.15, -0.1) is 45.3 Å². The van der Waals surface area contributed by atoms with Crippen molar-refractivity contribution in [3.63, 3.8) is 0 Å². The SMILES string of the molecule is O=C1/C(=C\c2ccc(C3c4ccsc4Sc4sccc43)s2)C(=O)c2cc3sccc3cc21. The van der Waals surface area contributed by atoms with Crippen molar-refractivity contribution in [2.24, 2.45) is 0 Å². The van der Waals surface area contributed by atoms with Gasteiger partial charge in [0.15, 0.2) is 11.6 Å². The third-order valence-electron chi connectivity index (χ3n) is 5.91.